The molecular weight excluding hydrogens is 302 g/mol. The summed E-state index contributed by atoms with van der Waals surface area (Å²) in [5, 5.41) is 3.56. The summed E-state index contributed by atoms with van der Waals surface area (Å²) in [6, 6.07) is 7.05. The summed E-state index contributed by atoms with van der Waals surface area (Å²) in [4.78, 5) is 18.6. The van der Waals surface area contributed by atoms with Gasteiger partial charge in [0.05, 0.1) is 0 Å². The number of pyridine rings is 1. The highest BCUT2D eigenvalue weighted by Crippen LogP contribution is 2.19. The number of carbonyl (C=O) groups is 1. The van der Waals surface area contributed by atoms with E-state index < -0.39 is 0 Å². The van der Waals surface area contributed by atoms with Crippen LogP contribution in [0.1, 0.15) is 22.5 Å². The van der Waals surface area contributed by atoms with Crippen molar-refractivity contribution in [2.75, 3.05) is 19.6 Å². The summed E-state index contributed by atoms with van der Waals surface area (Å²) in [5.41, 5.74) is 0.999. The molecular formula is C16H18ClN3O2. The normalized spacial score (nSPS) is 17.6. The van der Waals surface area contributed by atoms with Gasteiger partial charge in [-0.25, -0.2) is 0 Å². The summed E-state index contributed by atoms with van der Waals surface area (Å²) in [6.07, 6.45) is 4.58. The van der Waals surface area contributed by atoms with Crippen molar-refractivity contribution in [3.63, 3.8) is 0 Å². The predicted molar refractivity (Wildman–Crippen MR) is 83.7 cm³/mol. The van der Waals surface area contributed by atoms with E-state index in [2.05, 4.69) is 10.3 Å². The zero-order chi connectivity index (χ0) is 15.4. The molecule has 1 aliphatic rings. The average Bonchev–Trinajstić information content (AvgIpc) is 3.18. The summed E-state index contributed by atoms with van der Waals surface area (Å²) in [7, 11) is 0. The van der Waals surface area contributed by atoms with E-state index in [0.717, 1.165) is 25.1 Å². The largest absolute Gasteiger partial charge is 0.440 e. The topological polar surface area (TPSA) is 58.4 Å². The van der Waals surface area contributed by atoms with Crippen molar-refractivity contribution in [3.05, 3.63) is 53.2 Å². The molecule has 22 heavy (non-hydrogen) atoms. The number of rotatable bonds is 5. The van der Waals surface area contributed by atoms with Gasteiger partial charge in [-0.05, 0) is 60.8 Å². The summed E-state index contributed by atoms with van der Waals surface area (Å²) in [5.74, 6) is 0.605. The minimum Gasteiger partial charge on any atom is -0.440 e. The van der Waals surface area contributed by atoms with E-state index in [-0.39, 0.29) is 16.9 Å². The van der Waals surface area contributed by atoms with Gasteiger partial charge in [-0.15, -0.1) is 0 Å². The monoisotopic (exact) mass is 319 g/mol. The fraction of sp³-hybridized carbons (Fsp3) is 0.375. The molecule has 3 heterocycles. The van der Waals surface area contributed by atoms with Crippen molar-refractivity contribution in [2.45, 2.75) is 13.0 Å². The smallest absolute Gasteiger partial charge is 0.289 e. The van der Waals surface area contributed by atoms with Crippen LogP contribution in [0.3, 0.4) is 0 Å². The first-order valence-corrected chi connectivity index (χ1v) is 7.74. The number of hydrogen-bond donors (Lipinski definition) is 1. The van der Waals surface area contributed by atoms with E-state index >= 15 is 0 Å². The third-order valence-corrected chi connectivity index (χ3v) is 4.01. The number of aromatic nitrogens is 1. The van der Waals surface area contributed by atoms with Crippen molar-refractivity contribution >= 4 is 17.5 Å². The van der Waals surface area contributed by atoms with Crippen LogP contribution in [-0.4, -0.2) is 35.4 Å². The van der Waals surface area contributed by atoms with Crippen molar-refractivity contribution < 1.29 is 9.21 Å². The number of nitrogens with one attached hydrogen (secondary N) is 1. The number of halogens is 1. The molecule has 0 radical (unpaired) electrons. The maximum absolute atomic E-state index is 12.7. The van der Waals surface area contributed by atoms with Gasteiger partial charge < -0.3 is 14.6 Å². The average molecular weight is 320 g/mol. The molecule has 0 aromatic carbocycles. The molecule has 0 bridgehead atoms. The first-order chi connectivity index (χ1) is 10.7. The third-order valence-electron chi connectivity index (χ3n) is 3.81. The molecule has 1 atom stereocenters. The van der Waals surface area contributed by atoms with Gasteiger partial charge in [0.2, 0.25) is 0 Å². The Kier molecular flexibility index (Phi) is 4.75. The molecule has 0 aliphatic carbocycles. The minimum atomic E-state index is -0.136. The van der Waals surface area contributed by atoms with Crippen molar-refractivity contribution in [2.24, 2.45) is 5.92 Å². The van der Waals surface area contributed by atoms with E-state index in [4.69, 9.17) is 16.0 Å². The lowest BCUT2D eigenvalue weighted by molar-refractivity contribution is 0.0686. The van der Waals surface area contributed by atoms with Gasteiger partial charge in [0.15, 0.2) is 11.0 Å². The standard InChI is InChI=1S/C16H18ClN3O2/c17-15-4-3-14(22-15)16(21)20(11-13-5-7-19-9-13)10-12-2-1-6-18-8-12/h1-4,6,8,13,19H,5,7,9-11H2. The van der Waals surface area contributed by atoms with Gasteiger partial charge in [-0.1, -0.05) is 6.07 Å². The molecule has 1 saturated heterocycles. The molecule has 1 unspecified atom stereocenters. The molecule has 2 aromatic heterocycles. The van der Waals surface area contributed by atoms with Crippen LogP contribution in [0.2, 0.25) is 5.22 Å². The van der Waals surface area contributed by atoms with E-state index in [0.29, 0.717) is 19.0 Å². The van der Waals surface area contributed by atoms with Crippen molar-refractivity contribution in [1.82, 2.24) is 15.2 Å². The highest BCUT2D eigenvalue weighted by molar-refractivity contribution is 6.29. The number of furan rings is 1. The molecule has 0 saturated carbocycles. The quantitative estimate of drug-likeness (QED) is 0.920. The van der Waals surface area contributed by atoms with E-state index in [1.807, 2.05) is 17.0 Å². The number of hydrogen-bond acceptors (Lipinski definition) is 4. The Morgan fingerprint density at radius 3 is 3.00 bits per heavy atom. The van der Waals surface area contributed by atoms with E-state index in [9.17, 15) is 4.79 Å². The predicted octanol–water partition coefficient (Wildman–Crippen LogP) is 2.58. The van der Waals surface area contributed by atoms with Crippen LogP contribution in [0.15, 0.2) is 41.1 Å². The first-order valence-electron chi connectivity index (χ1n) is 7.36. The second-order valence-corrected chi connectivity index (χ2v) is 5.88. The summed E-state index contributed by atoms with van der Waals surface area (Å²) in [6.45, 7) is 3.16. The molecule has 0 spiro atoms. The van der Waals surface area contributed by atoms with Gasteiger partial charge in [-0.2, -0.15) is 0 Å². The number of nitrogens with zero attached hydrogens (tertiary/aromatic N) is 2. The number of amides is 1. The van der Waals surface area contributed by atoms with E-state index in [1.165, 1.54) is 0 Å². The zero-order valence-electron chi connectivity index (χ0n) is 12.2. The second-order valence-electron chi connectivity index (χ2n) is 5.51. The van der Waals surface area contributed by atoms with Crippen LogP contribution >= 0.6 is 11.6 Å². The summed E-state index contributed by atoms with van der Waals surface area (Å²) >= 11 is 5.78. The maximum Gasteiger partial charge on any atom is 0.289 e. The molecule has 1 aliphatic heterocycles. The van der Waals surface area contributed by atoms with Gasteiger partial charge >= 0.3 is 0 Å². The van der Waals surface area contributed by atoms with Crippen LogP contribution in [0.4, 0.5) is 0 Å². The van der Waals surface area contributed by atoms with Crippen LogP contribution in [-0.2, 0) is 6.54 Å². The fourth-order valence-corrected chi connectivity index (χ4v) is 2.84. The van der Waals surface area contributed by atoms with Gasteiger partial charge in [0.25, 0.3) is 5.91 Å². The molecule has 5 nitrogen and oxygen atoms in total. The molecule has 3 rings (SSSR count). The molecule has 116 valence electrons. The van der Waals surface area contributed by atoms with E-state index in [1.54, 1.807) is 24.5 Å². The highest BCUT2D eigenvalue weighted by atomic mass is 35.5. The molecule has 6 heteroatoms. The van der Waals surface area contributed by atoms with Crippen molar-refractivity contribution in [1.29, 1.82) is 0 Å². The first kappa shape index (κ1) is 15.1. The van der Waals surface area contributed by atoms with Crippen LogP contribution in [0, 0.1) is 5.92 Å². The Hall–Kier alpha value is -1.85. The minimum absolute atomic E-state index is 0.136. The molecule has 1 N–H and O–H groups in total. The van der Waals surface area contributed by atoms with Crippen LogP contribution in [0.5, 0.6) is 0 Å². The summed E-state index contributed by atoms with van der Waals surface area (Å²) < 4.78 is 5.27. The molecule has 1 amide bonds. The van der Waals surface area contributed by atoms with Gasteiger partial charge in [0, 0.05) is 25.5 Å². The SMILES string of the molecule is O=C(c1ccc(Cl)o1)N(Cc1cccnc1)CC1CCNC1. The Bertz CT molecular complexity index is 623. The van der Waals surface area contributed by atoms with Crippen molar-refractivity contribution in [3.8, 4) is 0 Å². The zero-order valence-corrected chi connectivity index (χ0v) is 12.9. The highest BCUT2D eigenvalue weighted by Gasteiger charge is 2.24. The van der Waals surface area contributed by atoms with Gasteiger partial charge in [-0.3, -0.25) is 9.78 Å². The Labute approximate surface area is 134 Å². The Balaban J connectivity index is 1.76. The maximum atomic E-state index is 12.7. The second kappa shape index (κ2) is 6.94. The molecule has 1 fully saturated rings. The lowest BCUT2D eigenvalue weighted by Crippen LogP contribution is -2.35. The Morgan fingerprint density at radius 2 is 2.36 bits per heavy atom. The fourth-order valence-electron chi connectivity index (χ4n) is 2.70. The molecule has 2 aromatic rings. The lowest BCUT2D eigenvalue weighted by atomic mass is 10.1. The Morgan fingerprint density at radius 1 is 1.45 bits per heavy atom. The van der Waals surface area contributed by atoms with Gasteiger partial charge in [0.1, 0.15) is 0 Å². The lowest BCUT2D eigenvalue weighted by Gasteiger charge is -2.24. The number of carbonyl (C=O) groups excluding carboxylic acids is 1. The van der Waals surface area contributed by atoms with Crippen LogP contribution < -0.4 is 5.32 Å². The third kappa shape index (κ3) is 3.67. The van der Waals surface area contributed by atoms with Crippen LogP contribution in [0.25, 0.3) is 0 Å².